The maximum absolute atomic E-state index is 13.4. The monoisotopic (exact) mass is 463 g/mol. The minimum Gasteiger partial charge on any atom is -0.322 e. The van der Waals surface area contributed by atoms with Crippen LogP contribution in [0.25, 0.3) is 10.9 Å². The Labute approximate surface area is 195 Å². The van der Waals surface area contributed by atoms with Crippen LogP contribution in [0.5, 0.6) is 0 Å². The third kappa shape index (κ3) is 5.41. The number of pyridine rings is 1. The molecule has 5 nitrogen and oxygen atoms in total. The van der Waals surface area contributed by atoms with Crippen LogP contribution < -0.4 is 10.9 Å². The summed E-state index contributed by atoms with van der Waals surface area (Å²) in [4.78, 5) is 30.4. The number of carbonyl (C=O) groups is 1. The summed E-state index contributed by atoms with van der Waals surface area (Å²) in [5, 5.41) is 4.32. The second-order valence-electron chi connectivity index (χ2n) is 8.09. The van der Waals surface area contributed by atoms with Gasteiger partial charge in [0, 0.05) is 33.7 Å². The number of halogens is 2. The van der Waals surface area contributed by atoms with E-state index in [9.17, 15) is 14.0 Å². The summed E-state index contributed by atoms with van der Waals surface area (Å²) in [6.45, 7) is 4.24. The summed E-state index contributed by atoms with van der Waals surface area (Å²) in [6, 6.07) is 18.1. The standard InChI is InChI=1S/C26H23ClFN3O2/c1-16-11-17(2)23-13-19(25(32)30-24(23)12-16)15-31(14-18-3-7-21(28)8-4-18)26(33)29-22-9-5-20(27)6-10-22/h3-13H,14-15H2,1-2H3,(H,29,33)(H,30,32). The molecule has 33 heavy (non-hydrogen) atoms. The van der Waals surface area contributed by atoms with Gasteiger partial charge in [0.05, 0.1) is 6.54 Å². The fourth-order valence-corrected chi connectivity index (χ4v) is 3.91. The SMILES string of the molecule is Cc1cc(C)c2cc(CN(Cc3ccc(F)cc3)C(=O)Nc3ccc(Cl)cc3)c(=O)[nH]c2c1. The van der Waals surface area contributed by atoms with E-state index in [1.807, 2.05) is 32.0 Å². The lowest BCUT2D eigenvalue weighted by atomic mass is 10.0. The number of anilines is 1. The number of benzene rings is 3. The van der Waals surface area contributed by atoms with E-state index < -0.39 is 0 Å². The molecule has 1 heterocycles. The number of nitrogens with zero attached hydrogens (tertiary/aromatic N) is 1. The van der Waals surface area contributed by atoms with Crippen LogP contribution in [0, 0.1) is 19.7 Å². The third-order valence-corrected chi connectivity index (χ3v) is 5.67. The van der Waals surface area contributed by atoms with Crippen molar-refractivity contribution in [2.75, 3.05) is 5.32 Å². The Bertz CT molecular complexity index is 1370. The number of hydrogen-bond acceptors (Lipinski definition) is 2. The zero-order valence-corrected chi connectivity index (χ0v) is 19.0. The van der Waals surface area contributed by atoms with E-state index in [0.29, 0.717) is 16.3 Å². The van der Waals surface area contributed by atoms with Crippen molar-refractivity contribution in [2.45, 2.75) is 26.9 Å². The smallest absolute Gasteiger partial charge is 0.322 e. The van der Waals surface area contributed by atoms with Gasteiger partial charge in [0.25, 0.3) is 5.56 Å². The van der Waals surface area contributed by atoms with E-state index in [-0.39, 0.29) is 30.5 Å². The van der Waals surface area contributed by atoms with Gasteiger partial charge in [-0.05, 0) is 79.1 Å². The van der Waals surface area contributed by atoms with Gasteiger partial charge in [-0.15, -0.1) is 0 Å². The van der Waals surface area contributed by atoms with Gasteiger partial charge in [-0.2, -0.15) is 0 Å². The van der Waals surface area contributed by atoms with Crippen molar-refractivity contribution in [2.24, 2.45) is 0 Å². The van der Waals surface area contributed by atoms with E-state index in [2.05, 4.69) is 10.3 Å². The molecular formula is C26H23ClFN3O2. The molecule has 4 aromatic rings. The Morgan fingerprint density at radius 2 is 1.70 bits per heavy atom. The fourth-order valence-electron chi connectivity index (χ4n) is 3.78. The summed E-state index contributed by atoms with van der Waals surface area (Å²) < 4.78 is 13.4. The fraction of sp³-hybridized carbons (Fsp3) is 0.154. The molecule has 0 aliphatic carbocycles. The summed E-state index contributed by atoms with van der Waals surface area (Å²) in [5.41, 5.74) is 4.39. The average molecular weight is 464 g/mol. The zero-order valence-electron chi connectivity index (χ0n) is 18.3. The predicted molar refractivity (Wildman–Crippen MR) is 130 cm³/mol. The maximum atomic E-state index is 13.4. The van der Waals surface area contributed by atoms with Gasteiger partial charge in [0.15, 0.2) is 0 Å². The first-order chi connectivity index (χ1) is 15.8. The van der Waals surface area contributed by atoms with Crippen molar-refractivity contribution in [1.29, 1.82) is 0 Å². The highest BCUT2D eigenvalue weighted by Gasteiger charge is 2.18. The number of rotatable bonds is 5. The number of aryl methyl sites for hydroxylation is 2. The van der Waals surface area contributed by atoms with E-state index in [1.54, 1.807) is 36.4 Å². The lowest BCUT2D eigenvalue weighted by molar-refractivity contribution is 0.206. The number of H-pyrrole nitrogens is 1. The number of fused-ring (bicyclic) bond motifs is 1. The van der Waals surface area contributed by atoms with Crippen LogP contribution in [0.1, 0.15) is 22.3 Å². The third-order valence-electron chi connectivity index (χ3n) is 5.42. The molecule has 0 aliphatic rings. The summed E-state index contributed by atoms with van der Waals surface area (Å²) in [7, 11) is 0. The highest BCUT2D eigenvalue weighted by molar-refractivity contribution is 6.30. The molecule has 168 valence electrons. The molecule has 0 bridgehead atoms. The molecule has 0 atom stereocenters. The molecule has 7 heteroatoms. The highest BCUT2D eigenvalue weighted by atomic mass is 35.5. The van der Waals surface area contributed by atoms with E-state index in [0.717, 1.165) is 27.6 Å². The van der Waals surface area contributed by atoms with Crippen LogP contribution >= 0.6 is 11.6 Å². The van der Waals surface area contributed by atoms with Gasteiger partial charge in [-0.3, -0.25) is 4.79 Å². The van der Waals surface area contributed by atoms with Crippen LogP contribution in [-0.2, 0) is 13.1 Å². The molecule has 3 aromatic carbocycles. The van der Waals surface area contributed by atoms with E-state index in [4.69, 9.17) is 11.6 Å². The van der Waals surface area contributed by atoms with Crippen LogP contribution in [0.2, 0.25) is 5.02 Å². The quantitative estimate of drug-likeness (QED) is 0.371. The molecule has 0 spiro atoms. The van der Waals surface area contributed by atoms with Crippen molar-refractivity contribution in [3.63, 3.8) is 0 Å². The molecule has 0 radical (unpaired) electrons. The van der Waals surface area contributed by atoms with Crippen molar-refractivity contribution in [1.82, 2.24) is 9.88 Å². The molecule has 0 unspecified atom stereocenters. The Kier molecular flexibility index (Phi) is 6.47. The van der Waals surface area contributed by atoms with Crippen LogP contribution in [0.3, 0.4) is 0 Å². The summed E-state index contributed by atoms with van der Waals surface area (Å²) >= 11 is 5.93. The minimum atomic E-state index is -0.387. The maximum Gasteiger partial charge on any atom is 0.322 e. The summed E-state index contributed by atoms with van der Waals surface area (Å²) in [6.07, 6.45) is 0. The Hall–Kier alpha value is -3.64. The number of urea groups is 1. The second-order valence-corrected chi connectivity index (χ2v) is 8.52. The molecule has 4 rings (SSSR count). The predicted octanol–water partition coefficient (Wildman–Crippen LogP) is 6.17. The Morgan fingerprint density at radius 3 is 2.39 bits per heavy atom. The van der Waals surface area contributed by atoms with Crippen molar-refractivity contribution >= 4 is 34.2 Å². The normalized spacial score (nSPS) is 10.9. The first-order valence-corrected chi connectivity index (χ1v) is 10.9. The second kappa shape index (κ2) is 9.46. The molecule has 0 saturated heterocycles. The number of amides is 2. The van der Waals surface area contributed by atoms with Crippen molar-refractivity contribution in [3.8, 4) is 0 Å². The number of aromatic nitrogens is 1. The Balaban J connectivity index is 1.67. The minimum absolute atomic E-state index is 0.0788. The lowest BCUT2D eigenvalue weighted by Crippen LogP contribution is -2.35. The molecule has 0 saturated carbocycles. The topological polar surface area (TPSA) is 65.2 Å². The van der Waals surface area contributed by atoms with Crippen molar-refractivity contribution < 1.29 is 9.18 Å². The number of hydrogen-bond donors (Lipinski definition) is 2. The average Bonchev–Trinajstić information content (AvgIpc) is 2.77. The zero-order chi connectivity index (χ0) is 23.5. The van der Waals surface area contributed by atoms with Gasteiger partial charge in [-0.1, -0.05) is 29.8 Å². The van der Waals surface area contributed by atoms with E-state index in [1.165, 1.54) is 17.0 Å². The number of aromatic amines is 1. The van der Waals surface area contributed by atoms with Gasteiger partial charge in [0.2, 0.25) is 0 Å². The van der Waals surface area contributed by atoms with E-state index >= 15 is 0 Å². The van der Waals surface area contributed by atoms with Crippen molar-refractivity contribution in [3.05, 3.63) is 110 Å². The van der Waals surface area contributed by atoms with Gasteiger partial charge in [-0.25, -0.2) is 9.18 Å². The molecule has 0 aliphatic heterocycles. The first kappa shape index (κ1) is 22.6. The largest absolute Gasteiger partial charge is 0.322 e. The molecule has 2 N–H and O–H groups in total. The molecule has 2 amide bonds. The Morgan fingerprint density at radius 1 is 1.00 bits per heavy atom. The molecule has 0 fully saturated rings. The van der Waals surface area contributed by atoms with Crippen LogP contribution in [0.15, 0.2) is 71.5 Å². The highest BCUT2D eigenvalue weighted by Crippen LogP contribution is 2.20. The first-order valence-electron chi connectivity index (χ1n) is 10.5. The van der Waals surface area contributed by atoms with Gasteiger partial charge in [0.1, 0.15) is 5.82 Å². The van der Waals surface area contributed by atoms with Crippen LogP contribution in [-0.4, -0.2) is 15.9 Å². The number of nitrogens with one attached hydrogen (secondary N) is 2. The molecular weight excluding hydrogens is 441 g/mol. The lowest BCUT2D eigenvalue weighted by Gasteiger charge is -2.23. The number of carbonyl (C=O) groups excluding carboxylic acids is 1. The van der Waals surface area contributed by atoms with Gasteiger partial charge < -0.3 is 15.2 Å². The summed E-state index contributed by atoms with van der Waals surface area (Å²) in [5.74, 6) is -0.354. The molecule has 1 aromatic heterocycles. The van der Waals surface area contributed by atoms with Crippen LogP contribution in [0.4, 0.5) is 14.9 Å². The van der Waals surface area contributed by atoms with Gasteiger partial charge >= 0.3 is 6.03 Å².